The highest BCUT2D eigenvalue weighted by molar-refractivity contribution is 5.88. The molecular formula is C19H19F3N2O4. The lowest BCUT2D eigenvalue weighted by Crippen LogP contribution is -2.43. The van der Waals surface area contributed by atoms with Gasteiger partial charge in [0.25, 0.3) is 0 Å². The van der Waals surface area contributed by atoms with Crippen molar-refractivity contribution in [3.05, 3.63) is 35.0 Å². The number of aryl methyl sites for hydroxylation is 1. The minimum absolute atomic E-state index is 0.148. The van der Waals surface area contributed by atoms with Gasteiger partial charge >= 0.3 is 12.1 Å². The van der Waals surface area contributed by atoms with Crippen molar-refractivity contribution >= 4 is 16.9 Å². The Morgan fingerprint density at radius 2 is 2.14 bits per heavy atom. The molecule has 1 fully saturated rings. The number of alkyl halides is 3. The lowest BCUT2D eigenvalue weighted by Gasteiger charge is -2.38. The number of nitrogens with zero attached hydrogens (tertiary/aromatic N) is 1. The van der Waals surface area contributed by atoms with Crippen molar-refractivity contribution < 1.29 is 32.5 Å². The maximum atomic E-state index is 13.4. The number of hydrogen-bond donors (Lipinski definition) is 2. The zero-order chi connectivity index (χ0) is 20.3. The minimum Gasteiger partial charge on any atom is -0.483 e. The van der Waals surface area contributed by atoms with Crippen LogP contribution in [0.3, 0.4) is 0 Å². The number of aromatic nitrogens is 1. The minimum atomic E-state index is -4.56. The van der Waals surface area contributed by atoms with Crippen LogP contribution in [-0.2, 0) is 15.7 Å². The number of rotatable bonds is 1. The molecule has 1 aromatic carbocycles. The molecule has 0 saturated carbocycles. The van der Waals surface area contributed by atoms with Crippen LogP contribution in [0, 0.1) is 6.92 Å². The Morgan fingerprint density at radius 3 is 2.82 bits per heavy atom. The maximum Gasteiger partial charge on any atom is 0.418 e. The number of fused-ring (bicyclic) bond motifs is 3. The number of methoxy groups -OCH3 is 1. The van der Waals surface area contributed by atoms with Gasteiger partial charge in [-0.05, 0) is 13.0 Å². The van der Waals surface area contributed by atoms with Crippen molar-refractivity contribution in [3.63, 3.8) is 0 Å². The van der Waals surface area contributed by atoms with E-state index < -0.39 is 35.5 Å². The molecule has 28 heavy (non-hydrogen) atoms. The second kappa shape index (κ2) is 6.31. The quantitative estimate of drug-likeness (QED) is 0.722. The van der Waals surface area contributed by atoms with E-state index in [4.69, 9.17) is 9.47 Å². The number of halogens is 3. The van der Waals surface area contributed by atoms with E-state index in [2.05, 4.69) is 10.3 Å². The van der Waals surface area contributed by atoms with E-state index in [-0.39, 0.29) is 35.2 Å². The van der Waals surface area contributed by atoms with Gasteiger partial charge in [0.15, 0.2) is 0 Å². The Hall–Kier alpha value is -2.39. The molecule has 4 rings (SSSR count). The van der Waals surface area contributed by atoms with Crippen LogP contribution in [0.25, 0.3) is 10.9 Å². The number of benzene rings is 1. The zero-order valence-corrected chi connectivity index (χ0v) is 15.3. The Bertz CT molecular complexity index is 962. The number of para-hydroxylation sites is 1. The van der Waals surface area contributed by atoms with E-state index in [9.17, 15) is 23.1 Å². The molecule has 2 aromatic rings. The average Bonchev–Trinajstić information content (AvgIpc) is 3.03. The summed E-state index contributed by atoms with van der Waals surface area (Å²) in [6.07, 6.45) is -5.17. The summed E-state index contributed by atoms with van der Waals surface area (Å²) >= 11 is 0. The summed E-state index contributed by atoms with van der Waals surface area (Å²) in [7, 11) is 1.29. The molecule has 0 aliphatic carbocycles. The predicted octanol–water partition coefficient (Wildman–Crippen LogP) is 2.65. The number of esters is 1. The molecule has 9 heteroatoms. The third-order valence-corrected chi connectivity index (χ3v) is 5.43. The Morgan fingerprint density at radius 1 is 1.39 bits per heavy atom. The predicted molar refractivity (Wildman–Crippen MR) is 92.8 cm³/mol. The van der Waals surface area contributed by atoms with Gasteiger partial charge in [-0.15, -0.1) is 0 Å². The van der Waals surface area contributed by atoms with Gasteiger partial charge in [0.2, 0.25) is 0 Å². The number of hydrogen-bond acceptors (Lipinski definition) is 6. The fraction of sp³-hybridized carbons (Fsp3) is 0.474. The Kier molecular flexibility index (Phi) is 4.27. The number of carbonyl (C=O) groups is 1. The van der Waals surface area contributed by atoms with Crippen LogP contribution in [0.1, 0.15) is 35.8 Å². The third-order valence-electron chi connectivity index (χ3n) is 5.43. The van der Waals surface area contributed by atoms with Gasteiger partial charge < -0.3 is 19.9 Å². The molecule has 1 aromatic heterocycles. The van der Waals surface area contributed by atoms with Gasteiger partial charge in [-0.2, -0.15) is 13.2 Å². The summed E-state index contributed by atoms with van der Waals surface area (Å²) < 4.78 is 51.1. The van der Waals surface area contributed by atoms with E-state index in [1.807, 2.05) is 0 Å². The van der Waals surface area contributed by atoms with E-state index in [0.29, 0.717) is 12.1 Å². The van der Waals surface area contributed by atoms with Crippen molar-refractivity contribution in [3.8, 4) is 5.75 Å². The SMILES string of the molecule is COC(=O)[C@@H]1C[C@]2(CN1)CC(O)c1c(c(C)nc3c(C(F)(F)F)cccc13)O2. The van der Waals surface area contributed by atoms with E-state index in [1.54, 1.807) is 6.92 Å². The molecule has 0 bridgehead atoms. The number of aliphatic hydroxyl groups is 1. The summed E-state index contributed by atoms with van der Waals surface area (Å²) in [6.45, 7) is 1.86. The van der Waals surface area contributed by atoms with Crippen LogP contribution in [0.5, 0.6) is 5.75 Å². The number of pyridine rings is 1. The molecule has 150 valence electrons. The molecule has 1 saturated heterocycles. The van der Waals surface area contributed by atoms with Crippen molar-refractivity contribution in [2.45, 2.75) is 43.7 Å². The standard InChI is InChI=1S/C19H19F3N2O4/c1-9-16-14(10-4-3-5-11(15(10)24-9)19(20,21)22)13(25)7-18(28-16)6-12(23-8-18)17(26)27-2/h3-5,12-13,23,25H,6-8H2,1-2H3/t12-,13?,18+/m0/s1. The summed E-state index contributed by atoms with van der Waals surface area (Å²) in [5.74, 6) is -0.151. The molecule has 2 aliphatic heterocycles. The van der Waals surface area contributed by atoms with Gasteiger partial charge in [0, 0.05) is 30.3 Å². The van der Waals surface area contributed by atoms with E-state index >= 15 is 0 Å². The first kappa shape index (κ1) is 18.9. The first-order valence-electron chi connectivity index (χ1n) is 8.84. The van der Waals surface area contributed by atoms with Crippen LogP contribution in [0.15, 0.2) is 18.2 Å². The molecule has 2 N–H and O–H groups in total. The van der Waals surface area contributed by atoms with Crippen LogP contribution in [-0.4, -0.2) is 41.4 Å². The number of carbonyl (C=O) groups excluding carboxylic acids is 1. The van der Waals surface area contributed by atoms with Crippen LogP contribution in [0.2, 0.25) is 0 Å². The van der Waals surface area contributed by atoms with Crippen LogP contribution in [0.4, 0.5) is 13.2 Å². The number of nitrogens with one attached hydrogen (secondary N) is 1. The van der Waals surface area contributed by atoms with Crippen molar-refractivity contribution in [2.24, 2.45) is 0 Å². The molecule has 0 amide bonds. The largest absolute Gasteiger partial charge is 0.483 e. The van der Waals surface area contributed by atoms with Gasteiger partial charge in [-0.3, -0.25) is 4.79 Å². The molecule has 6 nitrogen and oxygen atoms in total. The fourth-order valence-electron chi connectivity index (χ4n) is 4.19. The zero-order valence-electron chi connectivity index (χ0n) is 15.3. The smallest absolute Gasteiger partial charge is 0.418 e. The first-order valence-corrected chi connectivity index (χ1v) is 8.84. The number of ether oxygens (including phenoxy) is 2. The van der Waals surface area contributed by atoms with Crippen molar-refractivity contribution in [1.82, 2.24) is 10.3 Å². The highest BCUT2D eigenvalue weighted by atomic mass is 19.4. The Labute approximate surface area is 158 Å². The summed E-state index contributed by atoms with van der Waals surface area (Å²) in [5.41, 5.74) is -1.34. The molecule has 3 heterocycles. The summed E-state index contributed by atoms with van der Waals surface area (Å²) in [5, 5.41) is 14.1. The maximum absolute atomic E-state index is 13.4. The van der Waals surface area contributed by atoms with Crippen molar-refractivity contribution in [1.29, 1.82) is 0 Å². The monoisotopic (exact) mass is 396 g/mol. The lowest BCUT2D eigenvalue weighted by molar-refractivity contribution is -0.143. The van der Waals surface area contributed by atoms with Gasteiger partial charge in [-0.25, -0.2) is 4.98 Å². The van der Waals surface area contributed by atoms with E-state index in [0.717, 1.165) is 6.07 Å². The summed E-state index contributed by atoms with van der Waals surface area (Å²) in [6, 6.07) is 3.21. The Balaban J connectivity index is 1.81. The molecule has 3 atom stereocenters. The normalized spacial score (nSPS) is 26.9. The summed E-state index contributed by atoms with van der Waals surface area (Å²) in [4.78, 5) is 16.0. The van der Waals surface area contributed by atoms with Gasteiger partial charge in [0.05, 0.1) is 30.0 Å². The van der Waals surface area contributed by atoms with Crippen LogP contribution < -0.4 is 10.1 Å². The lowest BCUT2D eigenvalue weighted by atomic mass is 9.85. The van der Waals surface area contributed by atoms with Crippen LogP contribution >= 0.6 is 0 Å². The topological polar surface area (TPSA) is 80.7 Å². The second-order valence-corrected chi connectivity index (χ2v) is 7.31. The average molecular weight is 396 g/mol. The molecule has 0 radical (unpaired) electrons. The molecule has 1 unspecified atom stereocenters. The molecular weight excluding hydrogens is 377 g/mol. The molecule has 1 spiro atoms. The number of aliphatic hydroxyl groups excluding tert-OH is 1. The second-order valence-electron chi connectivity index (χ2n) is 7.31. The fourth-order valence-corrected chi connectivity index (χ4v) is 4.19. The van der Waals surface area contributed by atoms with Crippen molar-refractivity contribution in [2.75, 3.05) is 13.7 Å². The third kappa shape index (κ3) is 2.89. The van der Waals surface area contributed by atoms with Gasteiger partial charge in [0.1, 0.15) is 17.4 Å². The molecule has 2 aliphatic rings. The van der Waals surface area contributed by atoms with Gasteiger partial charge in [-0.1, -0.05) is 12.1 Å². The highest BCUT2D eigenvalue weighted by Gasteiger charge is 2.49. The first-order chi connectivity index (χ1) is 13.1. The highest BCUT2D eigenvalue weighted by Crippen LogP contribution is 2.48. The van der Waals surface area contributed by atoms with E-state index in [1.165, 1.54) is 19.2 Å².